The molecule has 0 aromatic heterocycles. The van der Waals surface area contributed by atoms with Crippen LogP contribution in [0.2, 0.25) is 0 Å². The van der Waals surface area contributed by atoms with Gasteiger partial charge < -0.3 is 5.11 Å². The first-order valence-corrected chi connectivity index (χ1v) is 5.92. The molecule has 0 amide bonds. The third kappa shape index (κ3) is 1.53. The predicted molar refractivity (Wildman–Crippen MR) is 64.0 cm³/mol. The van der Waals surface area contributed by atoms with Crippen molar-refractivity contribution in [1.82, 2.24) is 0 Å². The fourth-order valence-electron chi connectivity index (χ4n) is 2.61. The van der Waals surface area contributed by atoms with Gasteiger partial charge in [0.05, 0.1) is 0 Å². The summed E-state index contributed by atoms with van der Waals surface area (Å²) in [6.07, 6.45) is 2.79. The molecule has 2 rings (SSSR count). The maximum Gasteiger partial charge on any atom is 0.166 e. The minimum absolute atomic E-state index is 0.139. The lowest BCUT2D eigenvalue weighted by Crippen LogP contribution is -2.09. The fourth-order valence-corrected chi connectivity index (χ4v) is 2.61. The van der Waals surface area contributed by atoms with Crippen LogP contribution < -0.4 is 0 Å². The highest BCUT2D eigenvalue weighted by Crippen LogP contribution is 2.36. The van der Waals surface area contributed by atoms with E-state index in [1.807, 2.05) is 13.8 Å². The van der Waals surface area contributed by atoms with E-state index >= 15 is 0 Å². The Morgan fingerprint density at radius 2 is 2.06 bits per heavy atom. The number of fused-ring (bicyclic) bond motifs is 1. The Bertz CT molecular complexity index is 447. The van der Waals surface area contributed by atoms with Gasteiger partial charge in [-0.25, -0.2) is 0 Å². The molecule has 1 aromatic rings. The van der Waals surface area contributed by atoms with Crippen LogP contribution in [-0.4, -0.2) is 10.9 Å². The first-order chi connectivity index (χ1) is 7.56. The van der Waals surface area contributed by atoms with Crippen LogP contribution in [0.5, 0.6) is 5.75 Å². The van der Waals surface area contributed by atoms with Crippen molar-refractivity contribution in [2.45, 2.75) is 40.0 Å². The molecule has 1 aliphatic carbocycles. The Balaban J connectivity index is 2.48. The summed E-state index contributed by atoms with van der Waals surface area (Å²) in [5.74, 6) is 0.735. The van der Waals surface area contributed by atoms with Crippen LogP contribution in [0, 0.1) is 19.8 Å². The summed E-state index contributed by atoms with van der Waals surface area (Å²) in [6.45, 7) is 5.90. The standard InChI is InChI=1S/C14H18O2/c1-4-5-10-6-11-7-12(15)8(2)9(3)13(11)14(10)16/h7,10,15H,4-6H2,1-3H3. The number of rotatable bonds is 2. The van der Waals surface area contributed by atoms with Crippen molar-refractivity contribution in [3.63, 3.8) is 0 Å². The van der Waals surface area contributed by atoms with E-state index in [2.05, 4.69) is 6.92 Å². The Hall–Kier alpha value is -1.31. The van der Waals surface area contributed by atoms with E-state index in [-0.39, 0.29) is 11.7 Å². The zero-order valence-corrected chi connectivity index (χ0v) is 10.1. The Morgan fingerprint density at radius 3 is 2.69 bits per heavy atom. The van der Waals surface area contributed by atoms with E-state index in [0.29, 0.717) is 5.75 Å². The Kier molecular flexibility index (Phi) is 2.75. The van der Waals surface area contributed by atoms with Crippen molar-refractivity contribution in [1.29, 1.82) is 0 Å². The van der Waals surface area contributed by atoms with Crippen LogP contribution in [0.1, 0.15) is 46.8 Å². The number of carbonyl (C=O) groups excluding carboxylic acids is 1. The lowest BCUT2D eigenvalue weighted by molar-refractivity contribution is 0.0930. The van der Waals surface area contributed by atoms with E-state index in [9.17, 15) is 9.90 Å². The van der Waals surface area contributed by atoms with E-state index < -0.39 is 0 Å². The second kappa shape index (κ2) is 3.93. The van der Waals surface area contributed by atoms with Gasteiger partial charge in [0.15, 0.2) is 5.78 Å². The Labute approximate surface area is 96.3 Å². The molecule has 0 saturated carbocycles. The van der Waals surface area contributed by atoms with E-state index in [1.165, 1.54) is 0 Å². The van der Waals surface area contributed by atoms with E-state index in [1.54, 1.807) is 6.07 Å². The number of Topliss-reactive ketones (excluding diaryl/α,β-unsaturated/α-hetero) is 1. The van der Waals surface area contributed by atoms with E-state index in [0.717, 1.165) is 41.5 Å². The van der Waals surface area contributed by atoms with Crippen LogP contribution in [-0.2, 0) is 6.42 Å². The molecular formula is C14H18O2. The number of phenolic OH excluding ortho intramolecular Hbond substituents is 1. The molecule has 0 spiro atoms. The highest BCUT2D eigenvalue weighted by atomic mass is 16.3. The van der Waals surface area contributed by atoms with Crippen LogP contribution in [0.4, 0.5) is 0 Å². The average molecular weight is 218 g/mol. The lowest BCUT2D eigenvalue weighted by atomic mass is 9.97. The number of ketones is 1. The molecule has 1 atom stereocenters. The summed E-state index contributed by atoms with van der Waals surface area (Å²) in [4.78, 5) is 12.2. The van der Waals surface area contributed by atoms with Gasteiger partial charge >= 0.3 is 0 Å². The minimum atomic E-state index is 0.139. The third-order valence-corrected chi connectivity index (χ3v) is 3.67. The molecule has 0 heterocycles. The van der Waals surface area contributed by atoms with Crippen molar-refractivity contribution < 1.29 is 9.90 Å². The number of aromatic hydroxyl groups is 1. The molecular weight excluding hydrogens is 200 g/mol. The third-order valence-electron chi connectivity index (χ3n) is 3.67. The van der Waals surface area contributed by atoms with Crippen molar-refractivity contribution in [3.05, 3.63) is 28.3 Å². The molecule has 1 aromatic carbocycles. The molecule has 1 aliphatic rings. The number of hydrogen-bond acceptors (Lipinski definition) is 2. The zero-order chi connectivity index (χ0) is 11.9. The second-order valence-corrected chi connectivity index (χ2v) is 4.73. The van der Waals surface area contributed by atoms with Gasteiger partial charge in [-0.2, -0.15) is 0 Å². The molecule has 0 radical (unpaired) electrons. The van der Waals surface area contributed by atoms with Crippen LogP contribution in [0.15, 0.2) is 6.07 Å². The summed E-state index contributed by atoms with van der Waals surface area (Å²) >= 11 is 0. The number of hydrogen-bond donors (Lipinski definition) is 1. The molecule has 1 N–H and O–H groups in total. The van der Waals surface area contributed by atoms with Crippen molar-refractivity contribution >= 4 is 5.78 Å². The molecule has 0 aliphatic heterocycles. The predicted octanol–water partition coefficient (Wildman–Crippen LogP) is 3.16. The lowest BCUT2D eigenvalue weighted by Gasteiger charge is -2.08. The molecule has 0 fully saturated rings. The monoisotopic (exact) mass is 218 g/mol. The van der Waals surface area contributed by atoms with Gasteiger partial charge in [0.25, 0.3) is 0 Å². The molecule has 2 nitrogen and oxygen atoms in total. The smallest absolute Gasteiger partial charge is 0.166 e. The molecule has 16 heavy (non-hydrogen) atoms. The van der Waals surface area contributed by atoms with Gasteiger partial charge in [-0.3, -0.25) is 4.79 Å². The summed E-state index contributed by atoms with van der Waals surface area (Å²) in [7, 11) is 0. The topological polar surface area (TPSA) is 37.3 Å². The Morgan fingerprint density at radius 1 is 1.38 bits per heavy atom. The fraction of sp³-hybridized carbons (Fsp3) is 0.500. The SMILES string of the molecule is CCCC1Cc2cc(O)c(C)c(C)c2C1=O. The van der Waals surface area contributed by atoms with Crippen LogP contribution in [0.25, 0.3) is 0 Å². The highest BCUT2D eigenvalue weighted by Gasteiger charge is 2.32. The zero-order valence-electron chi connectivity index (χ0n) is 10.1. The highest BCUT2D eigenvalue weighted by molar-refractivity contribution is 6.04. The van der Waals surface area contributed by atoms with Gasteiger partial charge in [0.1, 0.15) is 5.75 Å². The second-order valence-electron chi connectivity index (χ2n) is 4.73. The van der Waals surface area contributed by atoms with Gasteiger partial charge in [0, 0.05) is 11.5 Å². The van der Waals surface area contributed by atoms with E-state index in [4.69, 9.17) is 0 Å². The maximum absolute atomic E-state index is 12.2. The van der Waals surface area contributed by atoms with Gasteiger partial charge in [-0.15, -0.1) is 0 Å². The van der Waals surface area contributed by atoms with Crippen molar-refractivity contribution in [3.8, 4) is 5.75 Å². The number of carbonyl (C=O) groups is 1. The first-order valence-electron chi connectivity index (χ1n) is 5.92. The van der Waals surface area contributed by atoms with Crippen molar-refractivity contribution in [2.24, 2.45) is 5.92 Å². The van der Waals surface area contributed by atoms with Gasteiger partial charge in [-0.05, 0) is 49.4 Å². The summed E-state index contributed by atoms with van der Waals surface area (Å²) < 4.78 is 0. The number of phenols is 1. The minimum Gasteiger partial charge on any atom is -0.508 e. The van der Waals surface area contributed by atoms with Crippen LogP contribution >= 0.6 is 0 Å². The number of benzene rings is 1. The first kappa shape index (κ1) is 11.2. The molecule has 0 saturated heterocycles. The average Bonchev–Trinajstić information content (AvgIpc) is 2.53. The molecule has 1 unspecified atom stereocenters. The summed E-state index contributed by atoms with van der Waals surface area (Å²) in [6, 6.07) is 1.77. The normalized spacial score (nSPS) is 18.9. The summed E-state index contributed by atoms with van der Waals surface area (Å²) in [5, 5.41) is 9.76. The maximum atomic E-state index is 12.2. The molecule has 2 heteroatoms. The van der Waals surface area contributed by atoms with Crippen molar-refractivity contribution in [2.75, 3.05) is 0 Å². The van der Waals surface area contributed by atoms with Crippen LogP contribution in [0.3, 0.4) is 0 Å². The largest absolute Gasteiger partial charge is 0.508 e. The van der Waals surface area contributed by atoms with Gasteiger partial charge in [0.2, 0.25) is 0 Å². The summed E-state index contributed by atoms with van der Waals surface area (Å²) in [5.41, 5.74) is 3.70. The molecule has 86 valence electrons. The van der Waals surface area contributed by atoms with Gasteiger partial charge in [-0.1, -0.05) is 13.3 Å². The quantitative estimate of drug-likeness (QED) is 0.827. The molecule has 0 bridgehead atoms.